The number of amides is 1. The zero-order valence-corrected chi connectivity index (χ0v) is 14.8. The summed E-state index contributed by atoms with van der Waals surface area (Å²) in [6.07, 6.45) is 4.69. The molecule has 2 saturated heterocycles. The van der Waals surface area contributed by atoms with Crippen molar-refractivity contribution in [1.29, 1.82) is 0 Å². The topological polar surface area (TPSA) is 89.9 Å². The van der Waals surface area contributed by atoms with Gasteiger partial charge in [-0.15, -0.1) is 0 Å². The number of nitrogens with one attached hydrogen (secondary N) is 1. The summed E-state index contributed by atoms with van der Waals surface area (Å²) in [5.74, 6) is 0.675. The summed E-state index contributed by atoms with van der Waals surface area (Å²) >= 11 is 0. The lowest BCUT2D eigenvalue weighted by molar-refractivity contribution is -0.134. The van der Waals surface area contributed by atoms with Gasteiger partial charge in [0.15, 0.2) is 0 Å². The summed E-state index contributed by atoms with van der Waals surface area (Å²) in [6.45, 7) is 9.56. The summed E-state index contributed by atoms with van der Waals surface area (Å²) in [5.41, 5.74) is 0.183. The Hall–Kier alpha value is -1.14. The fraction of sp³-hybridized carbons (Fsp3) is 0.882. The summed E-state index contributed by atoms with van der Waals surface area (Å²) in [5, 5.41) is 19.9. The molecule has 2 rings (SSSR count). The van der Waals surface area contributed by atoms with Gasteiger partial charge in [-0.3, -0.25) is 9.59 Å². The standard InChI is InChI=1S/C16H30N2O2.CH2O2/c1-15(2)9-12(10-16(3,4)17-15)8-14(20)18-7-5-6-13(18)11-19;2-1-3/h12-13,17,19H,5-11H2,1-4H3;1H,(H,2,3)/t13-;/m0./s1. The molecule has 2 aliphatic rings. The van der Waals surface area contributed by atoms with Crippen LogP contribution in [-0.2, 0) is 9.59 Å². The van der Waals surface area contributed by atoms with E-state index in [1.54, 1.807) is 0 Å². The molecule has 1 amide bonds. The van der Waals surface area contributed by atoms with E-state index in [0.717, 1.165) is 32.2 Å². The Morgan fingerprint density at radius 2 is 1.78 bits per heavy atom. The van der Waals surface area contributed by atoms with E-state index in [4.69, 9.17) is 9.90 Å². The number of nitrogens with zero attached hydrogens (tertiary/aromatic N) is 1. The number of aliphatic hydroxyl groups is 1. The number of hydrogen-bond donors (Lipinski definition) is 3. The molecule has 6 nitrogen and oxygen atoms in total. The first-order valence-electron chi connectivity index (χ1n) is 8.41. The highest BCUT2D eigenvalue weighted by Gasteiger charge is 2.39. The van der Waals surface area contributed by atoms with Crippen molar-refractivity contribution >= 4 is 12.4 Å². The zero-order chi connectivity index (χ0) is 17.7. The van der Waals surface area contributed by atoms with E-state index in [1.165, 1.54) is 0 Å². The van der Waals surface area contributed by atoms with Gasteiger partial charge in [0.1, 0.15) is 0 Å². The maximum atomic E-state index is 12.5. The highest BCUT2D eigenvalue weighted by atomic mass is 16.3. The molecule has 2 heterocycles. The number of aliphatic hydroxyl groups excluding tert-OH is 1. The first kappa shape index (κ1) is 19.9. The number of rotatable bonds is 3. The Labute approximate surface area is 139 Å². The minimum atomic E-state index is -0.250. The van der Waals surface area contributed by atoms with Gasteiger partial charge in [0.25, 0.3) is 6.47 Å². The van der Waals surface area contributed by atoms with Crippen molar-refractivity contribution in [3.8, 4) is 0 Å². The quantitative estimate of drug-likeness (QED) is 0.685. The highest BCUT2D eigenvalue weighted by molar-refractivity contribution is 5.77. The molecule has 0 aromatic carbocycles. The van der Waals surface area contributed by atoms with Crippen LogP contribution in [0.5, 0.6) is 0 Å². The number of carboxylic acid groups (broad SMARTS) is 1. The molecule has 2 fully saturated rings. The Bertz CT molecular complexity index is 393. The van der Waals surface area contributed by atoms with Crippen molar-refractivity contribution in [3.63, 3.8) is 0 Å². The van der Waals surface area contributed by atoms with E-state index in [0.29, 0.717) is 12.3 Å². The second kappa shape index (κ2) is 8.11. The van der Waals surface area contributed by atoms with E-state index in [9.17, 15) is 9.90 Å². The first-order chi connectivity index (χ1) is 10.6. The van der Waals surface area contributed by atoms with Crippen LogP contribution in [0.25, 0.3) is 0 Å². The lowest BCUT2D eigenvalue weighted by Crippen LogP contribution is -2.58. The molecular formula is C17H32N2O4. The van der Waals surface area contributed by atoms with Crippen LogP contribution >= 0.6 is 0 Å². The van der Waals surface area contributed by atoms with Gasteiger partial charge >= 0.3 is 0 Å². The fourth-order valence-corrected chi connectivity index (χ4v) is 4.40. The maximum absolute atomic E-state index is 12.5. The largest absolute Gasteiger partial charge is 0.483 e. The minimum absolute atomic E-state index is 0.0604. The summed E-state index contributed by atoms with van der Waals surface area (Å²) in [6, 6.07) is 0.0604. The zero-order valence-electron chi connectivity index (χ0n) is 14.8. The Morgan fingerprint density at radius 3 is 2.26 bits per heavy atom. The molecule has 0 radical (unpaired) electrons. The Kier molecular flexibility index (Phi) is 7.02. The van der Waals surface area contributed by atoms with Gasteiger partial charge in [0, 0.05) is 24.0 Å². The Morgan fingerprint density at radius 1 is 1.26 bits per heavy atom. The SMILES string of the molecule is CC1(C)CC(CC(=O)N2CCC[C@H]2CO)CC(C)(C)N1.O=CO. The maximum Gasteiger partial charge on any atom is 0.290 e. The van der Waals surface area contributed by atoms with E-state index < -0.39 is 0 Å². The van der Waals surface area contributed by atoms with E-state index >= 15 is 0 Å². The average Bonchev–Trinajstić information content (AvgIpc) is 2.83. The van der Waals surface area contributed by atoms with Crippen molar-refractivity contribution in [2.45, 2.75) is 76.9 Å². The molecule has 0 aliphatic carbocycles. The number of hydrogen-bond acceptors (Lipinski definition) is 4. The van der Waals surface area contributed by atoms with E-state index in [1.807, 2.05) is 4.90 Å². The molecule has 2 aliphatic heterocycles. The predicted molar refractivity (Wildman–Crippen MR) is 89.1 cm³/mol. The highest BCUT2D eigenvalue weighted by Crippen LogP contribution is 2.35. The van der Waals surface area contributed by atoms with Gasteiger partial charge in [-0.25, -0.2) is 0 Å². The van der Waals surface area contributed by atoms with E-state index in [-0.39, 0.29) is 36.1 Å². The van der Waals surface area contributed by atoms with Crippen LogP contribution in [0, 0.1) is 5.92 Å². The van der Waals surface area contributed by atoms with Crippen molar-refractivity contribution in [3.05, 3.63) is 0 Å². The van der Waals surface area contributed by atoms with Crippen LogP contribution in [-0.4, -0.2) is 57.8 Å². The van der Waals surface area contributed by atoms with Crippen molar-refractivity contribution in [1.82, 2.24) is 10.2 Å². The summed E-state index contributed by atoms with van der Waals surface area (Å²) in [7, 11) is 0. The Balaban J connectivity index is 0.000000816. The van der Waals surface area contributed by atoms with Gasteiger partial charge in [-0.1, -0.05) is 0 Å². The van der Waals surface area contributed by atoms with Crippen LogP contribution in [0.15, 0.2) is 0 Å². The molecular weight excluding hydrogens is 296 g/mol. The van der Waals surface area contributed by atoms with Gasteiger partial charge in [0.05, 0.1) is 12.6 Å². The molecule has 0 aromatic heterocycles. The van der Waals surface area contributed by atoms with Crippen LogP contribution in [0.3, 0.4) is 0 Å². The van der Waals surface area contributed by atoms with Crippen LogP contribution in [0.2, 0.25) is 0 Å². The number of carbonyl (C=O) groups is 2. The van der Waals surface area contributed by atoms with Crippen molar-refractivity contribution in [2.24, 2.45) is 5.92 Å². The first-order valence-corrected chi connectivity index (χ1v) is 8.41. The van der Waals surface area contributed by atoms with Gasteiger partial charge in [-0.05, 0) is 59.3 Å². The number of piperidine rings is 1. The molecule has 6 heteroatoms. The third-order valence-electron chi connectivity index (χ3n) is 4.65. The number of carbonyl (C=O) groups excluding carboxylic acids is 1. The van der Waals surface area contributed by atoms with Crippen LogP contribution in [0.4, 0.5) is 0 Å². The van der Waals surface area contributed by atoms with Gasteiger partial charge < -0.3 is 20.4 Å². The molecule has 0 saturated carbocycles. The van der Waals surface area contributed by atoms with E-state index in [2.05, 4.69) is 33.0 Å². The molecule has 0 unspecified atom stereocenters. The fourth-order valence-electron chi connectivity index (χ4n) is 4.40. The lowest BCUT2D eigenvalue weighted by atomic mass is 9.74. The minimum Gasteiger partial charge on any atom is -0.483 e. The van der Waals surface area contributed by atoms with Crippen LogP contribution < -0.4 is 5.32 Å². The predicted octanol–water partition coefficient (Wildman–Crippen LogP) is 1.62. The molecule has 23 heavy (non-hydrogen) atoms. The smallest absolute Gasteiger partial charge is 0.290 e. The van der Waals surface area contributed by atoms with Crippen molar-refractivity contribution < 1.29 is 19.8 Å². The second-order valence-electron chi connectivity index (χ2n) is 8.04. The molecule has 0 bridgehead atoms. The molecule has 134 valence electrons. The lowest BCUT2D eigenvalue weighted by Gasteiger charge is -2.46. The van der Waals surface area contributed by atoms with Crippen LogP contribution in [0.1, 0.15) is 59.8 Å². The van der Waals surface area contributed by atoms with Crippen molar-refractivity contribution in [2.75, 3.05) is 13.2 Å². The monoisotopic (exact) mass is 328 g/mol. The summed E-state index contributed by atoms with van der Waals surface area (Å²) in [4.78, 5) is 22.8. The third kappa shape index (κ3) is 6.11. The normalized spacial score (nSPS) is 26.3. The molecule has 3 N–H and O–H groups in total. The second-order valence-corrected chi connectivity index (χ2v) is 8.04. The molecule has 0 spiro atoms. The summed E-state index contributed by atoms with van der Waals surface area (Å²) < 4.78 is 0. The molecule has 1 atom stereocenters. The van der Waals surface area contributed by atoms with Gasteiger partial charge in [0.2, 0.25) is 5.91 Å². The average molecular weight is 328 g/mol. The number of likely N-dealkylation sites (tertiary alicyclic amines) is 1. The third-order valence-corrected chi connectivity index (χ3v) is 4.65. The van der Waals surface area contributed by atoms with Gasteiger partial charge in [-0.2, -0.15) is 0 Å². The molecule has 0 aromatic rings.